The van der Waals surface area contributed by atoms with Crippen molar-refractivity contribution in [2.24, 2.45) is 0 Å². The van der Waals surface area contributed by atoms with Crippen LogP contribution in [-0.4, -0.2) is 18.5 Å². The third kappa shape index (κ3) is 5.71. The van der Waals surface area contributed by atoms with Crippen LogP contribution in [0.25, 0.3) is 0 Å². The van der Waals surface area contributed by atoms with Gasteiger partial charge in [-0.1, -0.05) is 46.3 Å². The molecule has 0 aliphatic rings. The number of hydrogen-bond acceptors (Lipinski definition) is 3. The SMILES string of the molecule is O=C(COc1ccc(Br)cc1F)NC(=O)NCc1ccccc1. The van der Waals surface area contributed by atoms with Gasteiger partial charge < -0.3 is 10.1 Å². The molecule has 2 N–H and O–H groups in total. The highest BCUT2D eigenvalue weighted by Crippen LogP contribution is 2.21. The van der Waals surface area contributed by atoms with Gasteiger partial charge in [-0.15, -0.1) is 0 Å². The number of halogens is 2. The third-order valence-electron chi connectivity index (χ3n) is 2.80. The molecule has 5 nitrogen and oxygen atoms in total. The number of nitrogens with one attached hydrogen (secondary N) is 2. The molecule has 0 aliphatic carbocycles. The van der Waals surface area contributed by atoms with E-state index < -0.39 is 24.4 Å². The van der Waals surface area contributed by atoms with Gasteiger partial charge in [0, 0.05) is 11.0 Å². The van der Waals surface area contributed by atoms with E-state index in [2.05, 4.69) is 26.6 Å². The van der Waals surface area contributed by atoms with E-state index in [1.807, 2.05) is 30.3 Å². The molecule has 0 unspecified atom stereocenters. The molecule has 0 fully saturated rings. The van der Waals surface area contributed by atoms with Gasteiger partial charge >= 0.3 is 6.03 Å². The lowest BCUT2D eigenvalue weighted by molar-refractivity contribution is -0.122. The molecule has 3 amide bonds. The van der Waals surface area contributed by atoms with E-state index >= 15 is 0 Å². The molecule has 120 valence electrons. The number of rotatable bonds is 5. The summed E-state index contributed by atoms with van der Waals surface area (Å²) in [5, 5.41) is 4.65. The predicted molar refractivity (Wildman–Crippen MR) is 86.4 cm³/mol. The molecule has 2 rings (SSSR count). The monoisotopic (exact) mass is 380 g/mol. The van der Waals surface area contributed by atoms with Gasteiger partial charge in [-0.05, 0) is 23.8 Å². The molecule has 2 aromatic carbocycles. The van der Waals surface area contributed by atoms with Gasteiger partial charge in [0.05, 0.1) is 0 Å². The molecule has 2 aromatic rings. The first kappa shape index (κ1) is 17.0. The number of urea groups is 1. The highest BCUT2D eigenvalue weighted by Gasteiger charge is 2.10. The van der Waals surface area contributed by atoms with Gasteiger partial charge in [0.1, 0.15) is 0 Å². The Morgan fingerprint density at radius 3 is 2.57 bits per heavy atom. The lowest BCUT2D eigenvalue weighted by atomic mass is 10.2. The maximum absolute atomic E-state index is 13.5. The molecular weight excluding hydrogens is 367 g/mol. The van der Waals surface area contributed by atoms with Crippen LogP contribution in [0.3, 0.4) is 0 Å². The van der Waals surface area contributed by atoms with Gasteiger partial charge in [-0.3, -0.25) is 10.1 Å². The van der Waals surface area contributed by atoms with Gasteiger partial charge in [0.25, 0.3) is 5.91 Å². The molecule has 0 atom stereocenters. The maximum atomic E-state index is 13.5. The van der Waals surface area contributed by atoms with Crippen molar-refractivity contribution in [3.8, 4) is 5.75 Å². The summed E-state index contributed by atoms with van der Waals surface area (Å²) >= 11 is 3.12. The summed E-state index contributed by atoms with van der Waals surface area (Å²) in [6.07, 6.45) is 0. The second kappa shape index (κ2) is 8.28. The van der Waals surface area contributed by atoms with Gasteiger partial charge in [-0.25, -0.2) is 9.18 Å². The van der Waals surface area contributed by atoms with Crippen molar-refractivity contribution in [2.75, 3.05) is 6.61 Å². The molecule has 0 heterocycles. The smallest absolute Gasteiger partial charge is 0.321 e. The number of ether oxygens (including phenoxy) is 1. The van der Waals surface area contributed by atoms with Gasteiger partial charge in [-0.2, -0.15) is 0 Å². The van der Waals surface area contributed by atoms with Crippen LogP contribution in [0.1, 0.15) is 5.56 Å². The predicted octanol–water partition coefficient (Wildman–Crippen LogP) is 2.99. The van der Waals surface area contributed by atoms with Crippen molar-refractivity contribution < 1.29 is 18.7 Å². The summed E-state index contributed by atoms with van der Waals surface area (Å²) in [6.45, 7) is -0.167. The van der Waals surface area contributed by atoms with Crippen LogP contribution >= 0.6 is 15.9 Å². The Bertz CT molecular complexity index is 695. The Morgan fingerprint density at radius 2 is 1.87 bits per heavy atom. The van der Waals surface area contributed by atoms with Crippen LogP contribution in [-0.2, 0) is 11.3 Å². The molecular formula is C16H14BrFN2O3. The first-order valence-corrected chi connectivity index (χ1v) is 7.53. The minimum Gasteiger partial charge on any atom is -0.481 e. The fraction of sp³-hybridized carbons (Fsp3) is 0.125. The lowest BCUT2D eigenvalue weighted by Gasteiger charge is -2.09. The zero-order valence-electron chi connectivity index (χ0n) is 12.0. The Morgan fingerprint density at radius 1 is 1.13 bits per heavy atom. The van der Waals surface area contributed by atoms with E-state index in [0.29, 0.717) is 11.0 Å². The highest BCUT2D eigenvalue weighted by atomic mass is 79.9. The minimum absolute atomic E-state index is 0.0620. The van der Waals surface area contributed by atoms with Crippen LogP contribution in [0.5, 0.6) is 5.75 Å². The lowest BCUT2D eigenvalue weighted by Crippen LogP contribution is -2.41. The van der Waals surface area contributed by atoms with Crippen LogP contribution < -0.4 is 15.4 Å². The van der Waals surface area contributed by atoms with Crippen LogP contribution in [0.4, 0.5) is 9.18 Å². The first-order valence-electron chi connectivity index (χ1n) is 6.74. The van der Waals surface area contributed by atoms with Gasteiger partial charge in [0.15, 0.2) is 18.2 Å². The van der Waals surface area contributed by atoms with Crippen molar-refractivity contribution in [3.05, 3.63) is 64.4 Å². The molecule has 0 radical (unpaired) electrons. The average Bonchev–Trinajstić information content (AvgIpc) is 2.53. The van der Waals surface area contributed by atoms with Crippen molar-refractivity contribution in [3.63, 3.8) is 0 Å². The summed E-state index contributed by atoms with van der Waals surface area (Å²) < 4.78 is 19.1. The number of carbonyl (C=O) groups excluding carboxylic acids is 2. The molecule has 0 saturated carbocycles. The molecule has 0 spiro atoms. The summed E-state index contributed by atoms with van der Waals surface area (Å²) in [4.78, 5) is 23.2. The van der Waals surface area contributed by atoms with Crippen molar-refractivity contribution >= 4 is 27.9 Å². The molecule has 0 aliphatic heterocycles. The summed E-state index contributed by atoms with van der Waals surface area (Å²) in [6, 6.07) is 12.8. The molecule has 0 saturated heterocycles. The maximum Gasteiger partial charge on any atom is 0.321 e. The number of hydrogen-bond donors (Lipinski definition) is 2. The van der Waals surface area contributed by atoms with E-state index in [1.54, 1.807) is 6.07 Å². The minimum atomic E-state index is -0.669. The second-order valence-electron chi connectivity index (χ2n) is 4.58. The number of imide groups is 1. The number of amides is 3. The molecule has 7 heteroatoms. The van der Waals surface area contributed by atoms with Gasteiger partial charge in [0.2, 0.25) is 0 Å². The standard InChI is InChI=1S/C16H14BrFN2O3/c17-12-6-7-14(13(18)8-12)23-10-15(21)20-16(22)19-9-11-4-2-1-3-5-11/h1-8H,9-10H2,(H2,19,20,21,22). The molecule has 0 aromatic heterocycles. The Balaban J connectivity index is 1.74. The zero-order valence-corrected chi connectivity index (χ0v) is 13.6. The fourth-order valence-electron chi connectivity index (χ4n) is 1.72. The van der Waals surface area contributed by atoms with Crippen LogP contribution in [0, 0.1) is 5.82 Å². The van der Waals surface area contributed by atoms with Crippen LogP contribution in [0.2, 0.25) is 0 Å². The van der Waals surface area contributed by atoms with Crippen molar-refractivity contribution in [2.45, 2.75) is 6.54 Å². The molecule has 0 bridgehead atoms. The third-order valence-corrected chi connectivity index (χ3v) is 3.29. The van der Waals surface area contributed by atoms with Crippen molar-refractivity contribution in [1.82, 2.24) is 10.6 Å². The Labute approximate surface area is 141 Å². The van der Waals surface area contributed by atoms with E-state index in [1.165, 1.54) is 12.1 Å². The Hall–Kier alpha value is -2.41. The highest BCUT2D eigenvalue weighted by molar-refractivity contribution is 9.10. The van der Waals surface area contributed by atoms with Crippen LogP contribution in [0.15, 0.2) is 53.0 Å². The van der Waals surface area contributed by atoms with E-state index in [4.69, 9.17) is 4.74 Å². The first-order chi connectivity index (χ1) is 11.0. The normalized spacial score (nSPS) is 10.0. The summed E-state index contributed by atoms with van der Waals surface area (Å²) in [5.41, 5.74) is 0.906. The summed E-state index contributed by atoms with van der Waals surface area (Å²) in [5.74, 6) is -1.33. The van der Waals surface area contributed by atoms with Crippen molar-refractivity contribution in [1.29, 1.82) is 0 Å². The second-order valence-corrected chi connectivity index (χ2v) is 5.50. The number of benzene rings is 2. The average molecular weight is 381 g/mol. The molecule has 23 heavy (non-hydrogen) atoms. The van der Waals surface area contributed by atoms with E-state index in [9.17, 15) is 14.0 Å². The quantitative estimate of drug-likeness (QED) is 0.837. The fourth-order valence-corrected chi connectivity index (χ4v) is 2.05. The zero-order chi connectivity index (χ0) is 16.7. The topological polar surface area (TPSA) is 67.4 Å². The van der Waals surface area contributed by atoms with E-state index in [-0.39, 0.29) is 5.75 Å². The Kier molecular flexibility index (Phi) is 6.10. The summed E-state index contributed by atoms with van der Waals surface area (Å²) in [7, 11) is 0. The number of carbonyl (C=O) groups is 2. The van der Waals surface area contributed by atoms with E-state index in [0.717, 1.165) is 5.56 Å². The largest absolute Gasteiger partial charge is 0.481 e.